The second-order valence-corrected chi connectivity index (χ2v) is 4.23. The molecule has 0 aliphatic carbocycles. The van der Waals surface area contributed by atoms with E-state index in [4.69, 9.17) is 5.26 Å². The standard InChI is InChI=1S/C12H7F5N2O/c13-7-6(8(14)10(16)11(17)9(7)15)12(20)19-3-1-2-5(19)4-18/h5H,1-3H2. The van der Waals surface area contributed by atoms with Crippen molar-refractivity contribution in [1.82, 2.24) is 4.90 Å². The van der Waals surface area contributed by atoms with Gasteiger partial charge < -0.3 is 4.90 Å². The van der Waals surface area contributed by atoms with Crippen molar-refractivity contribution in [2.45, 2.75) is 18.9 Å². The van der Waals surface area contributed by atoms with E-state index in [1.807, 2.05) is 0 Å². The summed E-state index contributed by atoms with van der Waals surface area (Å²) in [6.07, 6.45) is 0.705. The van der Waals surface area contributed by atoms with E-state index in [1.54, 1.807) is 6.07 Å². The maximum atomic E-state index is 13.5. The second kappa shape index (κ2) is 5.07. The fraction of sp³-hybridized carbons (Fsp3) is 0.333. The number of nitriles is 1. The Kier molecular flexibility index (Phi) is 3.61. The largest absolute Gasteiger partial charge is 0.322 e. The number of halogens is 5. The number of benzene rings is 1. The highest BCUT2D eigenvalue weighted by atomic mass is 19.2. The summed E-state index contributed by atoms with van der Waals surface area (Å²) in [7, 11) is 0. The third-order valence-corrected chi connectivity index (χ3v) is 3.09. The molecule has 0 saturated carbocycles. The number of likely N-dealkylation sites (tertiary alicyclic amines) is 1. The van der Waals surface area contributed by atoms with E-state index in [1.165, 1.54) is 0 Å². The zero-order valence-electron chi connectivity index (χ0n) is 9.89. The number of hydrogen-bond acceptors (Lipinski definition) is 2. The molecule has 1 amide bonds. The van der Waals surface area contributed by atoms with Crippen molar-refractivity contribution >= 4 is 5.91 Å². The minimum atomic E-state index is -2.32. The molecule has 1 atom stereocenters. The molecular weight excluding hydrogens is 283 g/mol. The molecule has 0 N–H and O–H groups in total. The highest BCUT2D eigenvalue weighted by molar-refractivity contribution is 5.95. The van der Waals surface area contributed by atoms with Crippen LogP contribution in [0.1, 0.15) is 23.2 Å². The Bertz CT molecular complexity index is 596. The van der Waals surface area contributed by atoms with Gasteiger partial charge in [0.1, 0.15) is 11.6 Å². The van der Waals surface area contributed by atoms with Crippen molar-refractivity contribution in [3.8, 4) is 6.07 Å². The van der Waals surface area contributed by atoms with E-state index >= 15 is 0 Å². The molecule has 1 aromatic rings. The lowest BCUT2D eigenvalue weighted by atomic mass is 10.1. The van der Waals surface area contributed by atoms with Gasteiger partial charge in [-0.3, -0.25) is 4.79 Å². The SMILES string of the molecule is N#CC1CCCN1C(=O)c1c(F)c(F)c(F)c(F)c1F. The first-order valence-electron chi connectivity index (χ1n) is 5.62. The number of rotatable bonds is 1. The molecule has 2 rings (SSSR count). The van der Waals surface area contributed by atoms with Gasteiger partial charge >= 0.3 is 0 Å². The number of carbonyl (C=O) groups excluding carboxylic acids is 1. The Morgan fingerprint density at radius 1 is 1.05 bits per heavy atom. The second-order valence-electron chi connectivity index (χ2n) is 4.23. The molecule has 0 aromatic heterocycles. The van der Waals surface area contributed by atoms with Crippen LogP contribution in [0.3, 0.4) is 0 Å². The molecule has 3 nitrogen and oxygen atoms in total. The van der Waals surface area contributed by atoms with Crippen LogP contribution in [0.5, 0.6) is 0 Å². The average Bonchev–Trinajstić information content (AvgIpc) is 2.91. The molecule has 20 heavy (non-hydrogen) atoms. The van der Waals surface area contributed by atoms with Gasteiger partial charge in [-0.2, -0.15) is 5.26 Å². The molecule has 1 unspecified atom stereocenters. The molecular formula is C12H7F5N2O. The van der Waals surface area contributed by atoms with Gasteiger partial charge in [-0.1, -0.05) is 0 Å². The highest BCUT2D eigenvalue weighted by Gasteiger charge is 2.36. The maximum Gasteiger partial charge on any atom is 0.261 e. The Hall–Kier alpha value is -2.17. The van der Waals surface area contributed by atoms with Crippen LogP contribution in [-0.4, -0.2) is 23.4 Å². The first-order chi connectivity index (χ1) is 9.40. The van der Waals surface area contributed by atoms with Crippen LogP contribution in [0.2, 0.25) is 0 Å². The number of amides is 1. The Labute approximate surface area is 110 Å². The van der Waals surface area contributed by atoms with E-state index in [9.17, 15) is 26.7 Å². The van der Waals surface area contributed by atoms with Gasteiger partial charge in [-0.05, 0) is 12.8 Å². The Balaban J connectivity index is 2.54. The van der Waals surface area contributed by atoms with Gasteiger partial charge in [0.2, 0.25) is 5.82 Å². The first kappa shape index (κ1) is 14.2. The molecule has 8 heteroatoms. The van der Waals surface area contributed by atoms with Gasteiger partial charge in [-0.25, -0.2) is 22.0 Å². The summed E-state index contributed by atoms with van der Waals surface area (Å²) in [4.78, 5) is 12.7. The van der Waals surface area contributed by atoms with Gasteiger partial charge in [-0.15, -0.1) is 0 Å². The lowest BCUT2D eigenvalue weighted by Gasteiger charge is -2.20. The predicted octanol–water partition coefficient (Wildman–Crippen LogP) is 2.51. The minimum absolute atomic E-state index is 0.0244. The van der Waals surface area contributed by atoms with E-state index in [2.05, 4.69) is 0 Å². The molecule has 1 heterocycles. The van der Waals surface area contributed by atoms with Crippen molar-refractivity contribution in [3.63, 3.8) is 0 Å². The molecule has 106 valence electrons. The Morgan fingerprint density at radius 2 is 1.55 bits per heavy atom. The highest BCUT2D eigenvalue weighted by Crippen LogP contribution is 2.27. The van der Waals surface area contributed by atoms with Crippen molar-refractivity contribution in [2.24, 2.45) is 0 Å². The lowest BCUT2D eigenvalue weighted by molar-refractivity contribution is 0.0751. The van der Waals surface area contributed by atoms with Crippen LogP contribution >= 0.6 is 0 Å². The minimum Gasteiger partial charge on any atom is -0.322 e. The van der Waals surface area contributed by atoms with E-state index < -0.39 is 46.6 Å². The van der Waals surface area contributed by atoms with Crippen LogP contribution < -0.4 is 0 Å². The molecule has 0 spiro atoms. The van der Waals surface area contributed by atoms with Gasteiger partial charge in [0.25, 0.3) is 5.91 Å². The van der Waals surface area contributed by atoms with Gasteiger partial charge in [0, 0.05) is 6.54 Å². The van der Waals surface area contributed by atoms with Crippen molar-refractivity contribution < 1.29 is 26.7 Å². The average molecular weight is 290 g/mol. The van der Waals surface area contributed by atoms with Crippen molar-refractivity contribution in [2.75, 3.05) is 6.54 Å². The Morgan fingerprint density at radius 3 is 2.05 bits per heavy atom. The zero-order chi connectivity index (χ0) is 15.0. The molecule has 1 aromatic carbocycles. The first-order valence-corrected chi connectivity index (χ1v) is 5.62. The lowest BCUT2D eigenvalue weighted by Crippen LogP contribution is -2.36. The molecule has 0 bridgehead atoms. The van der Waals surface area contributed by atoms with Crippen LogP contribution in [0.15, 0.2) is 0 Å². The summed E-state index contributed by atoms with van der Waals surface area (Å²) < 4.78 is 65.9. The quantitative estimate of drug-likeness (QED) is 0.453. The molecule has 0 radical (unpaired) electrons. The topological polar surface area (TPSA) is 44.1 Å². The molecule has 1 fully saturated rings. The summed E-state index contributed by atoms with van der Waals surface area (Å²) in [5.41, 5.74) is -1.52. The van der Waals surface area contributed by atoms with E-state index in [0.717, 1.165) is 4.90 Å². The maximum absolute atomic E-state index is 13.5. The zero-order valence-corrected chi connectivity index (χ0v) is 9.89. The van der Waals surface area contributed by atoms with Crippen molar-refractivity contribution in [3.05, 3.63) is 34.6 Å². The number of hydrogen-bond donors (Lipinski definition) is 0. The van der Waals surface area contributed by atoms with Gasteiger partial charge in [0.15, 0.2) is 23.3 Å². The van der Waals surface area contributed by atoms with Crippen LogP contribution in [0.4, 0.5) is 22.0 Å². The van der Waals surface area contributed by atoms with E-state index in [0.29, 0.717) is 6.42 Å². The molecule has 1 aliphatic rings. The monoisotopic (exact) mass is 290 g/mol. The summed E-state index contributed by atoms with van der Waals surface area (Å²) in [6, 6.07) is 0.810. The van der Waals surface area contributed by atoms with E-state index in [-0.39, 0.29) is 13.0 Å². The van der Waals surface area contributed by atoms with Crippen LogP contribution in [-0.2, 0) is 0 Å². The smallest absolute Gasteiger partial charge is 0.261 e. The predicted molar refractivity (Wildman–Crippen MR) is 55.9 cm³/mol. The summed E-state index contributed by atoms with van der Waals surface area (Å²) >= 11 is 0. The third-order valence-electron chi connectivity index (χ3n) is 3.09. The summed E-state index contributed by atoms with van der Waals surface area (Å²) in [5, 5.41) is 8.78. The fourth-order valence-electron chi connectivity index (χ4n) is 2.08. The van der Waals surface area contributed by atoms with Crippen LogP contribution in [0.25, 0.3) is 0 Å². The third kappa shape index (κ3) is 1.99. The molecule has 1 saturated heterocycles. The number of carbonyl (C=O) groups is 1. The van der Waals surface area contributed by atoms with Crippen molar-refractivity contribution in [1.29, 1.82) is 5.26 Å². The summed E-state index contributed by atoms with van der Waals surface area (Å²) in [6.45, 7) is 0.0244. The fourth-order valence-corrected chi connectivity index (χ4v) is 2.08. The van der Waals surface area contributed by atoms with Crippen LogP contribution in [0, 0.1) is 40.4 Å². The molecule has 1 aliphatic heterocycles. The van der Waals surface area contributed by atoms with Gasteiger partial charge in [0.05, 0.1) is 6.07 Å². The normalized spacial score (nSPS) is 18.2. The summed E-state index contributed by atoms with van der Waals surface area (Å²) in [5.74, 6) is -12.4. The number of nitrogens with zero attached hydrogens (tertiary/aromatic N) is 2.